The second-order valence-electron chi connectivity index (χ2n) is 8.75. The Kier molecular flexibility index (Phi) is 5.50. The van der Waals surface area contributed by atoms with Gasteiger partial charge in [-0.15, -0.1) is 0 Å². The third kappa shape index (κ3) is 4.28. The molecule has 8 heteroatoms. The van der Waals surface area contributed by atoms with Crippen LogP contribution in [-0.4, -0.2) is 43.7 Å². The van der Waals surface area contributed by atoms with Crippen molar-refractivity contribution < 1.29 is 10.2 Å². The molecule has 0 unspecified atom stereocenters. The zero-order valence-corrected chi connectivity index (χ0v) is 18.5. The third-order valence-corrected chi connectivity index (χ3v) is 6.37. The van der Waals surface area contributed by atoms with Crippen molar-refractivity contribution >= 4 is 11.9 Å². The van der Waals surface area contributed by atoms with Gasteiger partial charge in [-0.3, -0.25) is 14.7 Å². The van der Waals surface area contributed by atoms with Gasteiger partial charge in [-0.1, -0.05) is 36.4 Å². The summed E-state index contributed by atoms with van der Waals surface area (Å²) in [6.07, 6.45) is 2.48. The van der Waals surface area contributed by atoms with E-state index in [1.54, 1.807) is 13.0 Å². The molecule has 0 spiro atoms. The lowest BCUT2D eigenvalue weighted by molar-refractivity contribution is 0.262. The molecule has 0 saturated carbocycles. The molecule has 3 aromatic rings. The first-order valence-corrected chi connectivity index (χ1v) is 11.2. The zero-order chi connectivity index (χ0) is 22.9. The van der Waals surface area contributed by atoms with Crippen LogP contribution in [0.25, 0.3) is 0 Å². The Morgan fingerprint density at radius 3 is 2.52 bits per heavy atom. The van der Waals surface area contributed by atoms with Gasteiger partial charge in [-0.05, 0) is 49.8 Å². The highest BCUT2D eigenvalue weighted by Crippen LogP contribution is 2.33. The van der Waals surface area contributed by atoms with Gasteiger partial charge in [-0.25, -0.2) is 9.98 Å². The molecule has 1 fully saturated rings. The summed E-state index contributed by atoms with van der Waals surface area (Å²) in [5.74, 6) is 1.25. The van der Waals surface area contributed by atoms with Gasteiger partial charge in [0.05, 0.1) is 0 Å². The number of aromatic nitrogens is 2. The highest BCUT2D eigenvalue weighted by Gasteiger charge is 2.30. The molecule has 0 aliphatic carbocycles. The van der Waals surface area contributed by atoms with Crippen molar-refractivity contribution in [3.63, 3.8) is 0 Å². The van der Waals surface area contributed by atoms with Crippen LogP contribution in [-0.2, 0) is 6.42 Å². The molecule has 0 amide bonds. The van der Waals surface area contributed by atoms with Crippen molar-refractivity contribution in [3.8, 4) is 11.5 Å². The first-order chi connectivity index (χ1) is 16.0. The topological polar surface area (TPSA) is 103 Å². The number of fused-ring (bicyclic) bond motifs is 1. The van der Waals surface area contributed by atoms with E-state index in [2.05, 4.69) is 39.5 Å². The monoisotopic (exact) mass is 445 g/mol. The molecular formula is C25H27N5O3. The van der Waals surface area contributed by atoms with Crippen LogP contribution in [0.1, 0.15) is 35.8 Å². The summed E-state index contributed by atoms with van der Waals surface area (Å²) in [4.78, 5) is 24.4. The van der Waals surface area contributed by atoms with Crippen molar-refractivity contribution in [2.75, 3.05) is 18.4 Å². The predicted molar refractivity (Wildman–Crippen MR) is 127 cm³/mol. The zero-order valence-electron chi connectivity index (χ0n) is 18.5. The molecule has 170 valence electrons. The van der Waals surface area contributed by atoms with Crippen LogP contribution in [0.4, 0.5) is 5.95 Å². The van der Waals surface area contributed by atoms with Crippen LogP contribution in [0, 0.1) is 12.8 Å². The molecule has 1 atom stereocenters. The van der Waals surface area contributed by atoms with E-state index >= 15 is 0 Å². The van der Waals surface area contributed by atoms with Gasteiger partial charge in [0.2, 0.25) is 11.9 Å². The molecule has 0 bridgehead atoms. The Bertz CT molecular complexity index is 1250. The Morgan fingerprint density at radius 1 is 1.03 bits per heavy atom. The number of aliphatic imine (C=N–C) groups is 1. The number of rotatable bonds is 3. The van der Waals surface area contributed by atoms with E-state index < -0.39 is 6.17 Å². The third-order valence-electron chi connectivity index (χ3n) is 6.37. The van der Waals surface area contributed by atoms with Gasteiger partial charge in [0.15, 0.2) is 17.7 Å². The summed E-state index contributed by atoms with van der Waals surface area (Å²) < 4.78 is 1.48. The second-order valence-corrected chi connectivity index (χ2v) is 8.75. The predicted octanol–water partition coefficient (Wildman–Crippen LogP) is 3.25. The molecule has 2 aliphatic rings. The van der Waals surface area contributed by atoms with E-state index in [0.717, 1.165) is 32.4 Å². The van der Waals surface area contributed by atoms with Crippen molar-refractivity contribution in [1.29, 1.82) is 0 Å². The lowest BCUT2D eigenvalue weighted by Crippen LogP contribution is -2.46. The summed E-state index contributed by atoms with van der Waals surface area (Å²) in [7, 11) is 0. The normalized spacial score (nSPS) is 18.4. The summed E-state index contributed by atoms with van der Waals surface area (Å²) in [6.45, 7) is 3.49. The number of guanidine groups is 1. The number of phenols is 2. The number of likely N-dealkylation sites (tertiary alicyclic amines) is 1. The van der Waals surface area contributed by atoms with Crippen molar-refractivity contribution in [1.82, 2.24) is 14.5 Å². The smallest absolute Gasteiger partial charge is 0.257 e. The molecule has 3 N–H and O–H groups in total. The first-order valence-electron chi connectivity index (χ1n) is 11.2. The van der Waals surface area contributed by atoms with Crippen LogP contribution in [0.5, 0.6) is 11.5 Å². The summed E-state index contributed by atoms with van der Waals surface area (Å²) >= 11 is 0. The molecule has 33 heavy (non-hydrogen) atoms. The number of piperidine rings is 1. The van der Waals surface area contributed by atoms with Crippen LogP contribution >= 0.6 is 0 Å². The van der Waals surface area contributed by atoms with E-state index in [-0.39, 0.29) is 17.1 Å². The SMILES string of the molecule is Cc1cc(=O)n2c(n1)NC(N1CCC(Cc3ccccc3)CC1)=N[C@H]2c1ccc(O)c(O)c1. The minimum Gasteiger partial charge on any atom is -0.504 e. The maximum Gasteiger partial charge on any atom is 0.257 e. The van der Waals surface area contributed by atoms with Crippen LogP contribution in [0.15, 0.2) is 64.4 Å². The van der Waals surface area contributed by atoms with E-state index in [1.165, 1.54) is 28.3 Å². The second kappa shape index (κ2) is 8.61. The molecule has 1 aromatic heterocycles. The highest BCUT2D eigenvalue weighted by atomic mass is 16.3. The number of phenolic OH excluding ortho intramolecular Hbond substituents is 2. The van der Waals surface area contributed by atoms with Crippen LogP contribution in [0.3, 0.4) is 0 Å². The Balaban J connectivity index is 1.41. The van der Waals surface area contributed by atoms with E-state index in [0.29, 0.717) is 29.1 Å². The number of aromatic hydroxyl groups is 2. The molecule has 3 heterocycles. The van der Waals surface area contributed by atoms with E-state index in [1.807, 2.05) is 6.07 Å². The van der Waals surface area contributed by atoms with Gasteiger partial charge in [-0.2, -0.15) is 0 Å². The lowest BCUT2D eigenvalue weighted by Gasteiger charge is -2.37. The number of benzene rings is 2. The fourth-order valence-corrected chi connectivity index (χ4v) is 4.62. The lowest BCUT2D eigenvalue weighted by atomic mass is 9.90. The van der Waals surface area contributed by atoms with Gasteiger partial charge < -0.3 is 15.1 Å². The average Bonchev–Trinajstić information content (AvgIpc) is 2.81. The molecule has 2 aromatic carbocycles. The van der Waals surface area contributed by atoms with Crippen LogP contribution < -0.4 is 10.9 Å². The molecular weight excluding hydrogens is 418 g/mol. The number of nitrogens with one attached hydrogen (secondary N) is 1. The maximum atomic E-state index is 12.8. The quantitative estimate of drug-likeness (QED) is 0.535. The molecule has 8 nitrogen and oxygen atoms in total. The Hall–Kier alpha value is -3.81. The number of hydrogen-bond donors (Lipinski definition) is 3. The summed E-state index contributed by atoms with van der Waals surface area (Å²) in [5, 5.41) is 23.0. The molecule has 2 aliphatic heterocycles. The van der Waals surface area contributed by atoms with Gasteiger partial charge in [0, 0.05) is 30.4 Å². The number of anilines is 1. The van der Waals surface area contributed by atoms with E-state index in [4.69, 9.17) is 4.99 Å². The van der Waals surface area contributed by atoms with Crippen molar-refractivity contribution in [3.05, 3.63) is 81.8 Å². The standard InChI is InChI=1S/C25H27N5O3/c1-16-13-22(33)30-23(19-7-8-20(31)21(32)15-19)27-24(28-25(30)26-16)29-11-9-18(10-12-29)14-17-5-3-2-4-6-17/h2-8,13,15,18,23,31-32H,9-12,14H2,1H3,(H,26,27,28)/t23-/m1/s1. The summed E-state index contributed by atoms with van der Waals surface area (Å²) in [5.41, 5.74) is 2.35. The average molecular weight is 446 g/mol. The highest BCUT2D eigenvalue weighted by molar-refractivity contribution is 5.93. The fourth-order valence-electron chi connectivity index (χ4n) is 4.62. The summed E-state index contributed by atoms with van der Waals surface area (Å²) in [6, 6.07) is 16.5. The molecule has 5 rings (SSSR count). The number of nitrogens with zero attached hydrogens (tertiary/aromatic N) is 4. The van der Waals surface area contributed by atoms with Crippen molar-refractivity contribution in [2.45, 2.75) is 32.4 Å². The van der Waals surface area contributed by atoms with Gasteiger partial charge >= 0.3 is 0 Å². The largest absolute Gasteiger partial charge is 0.504 e. The van der Waals surface area contributed by atoms with Crippen LogP contribution in [0.2, 0.25) is 0 Å². The Morgan fingerprint density at radius 2 is 1.79 bits per heavy atom. The van der Waals surface area contributed by atoms with Gasteiger partial charge in [0.25, 0.3) is 5.56 Å². The van der Waals surface area contributed by atoms with E-state index in [9.17, 15) is 15.0 Å². The Labute approximate surface area is 191 Å². The maximum absolute atomic E-state index is 12.8. The van der Waals surface area contributed by atoms with Crippen molar-refractivity contribution in [2.24, 2.45) is 10.9 Å². The first kappa shape index (κ1) is 21.1. The molecule has 0 radical (unpaired) electrons. The fraction of sp³-hybridized carbons (Fsp3) is 0.320. The minimum atomic E-state index is -0.689. The van der Waals surface area contributed by atoms with Gasteiger partial charge in [0.1, 0.15) is 0 Å². The number of hydrogen-bond acceptors (Lipinski definition) is 7. The minimum absolute atomic E-state index is 0.216. The number of aryl methyl sites for hydroxylation is 1. The molecule has 1 saturated heterocycles.